The third-order valence-corrected chi connectivity index (χ3v) is 4.11. The van der Waals surface area contributed by atoms with Gasteiger partial charge in [-0.2, -0.15) is 0 Å². The predicted octanol–water partition coefficient (Wildman–Crippen LogP) is 0.167. The second-order valence-electron chi connectivity index (χ2n) is 7.41. The number of hydrogen-bond acceptors (Lipinski definition) is 5. The van der Waals surface area contributed by atoms with E-state index in [4.69, 9.17) is 4.74 Å². The summed E-state index contributed by atoms with van der Waals surface area (Å²) in [4.78, 5) is 52.1. The first-order chi connectivity index (χ1) is 12.0. The minimum Gasteiger partial charge on any atom is -0.444 e. The van der Waals surface area contributed by atoms with E-state index in [1.165, 1.54) is 29.8 Å². The van der Waals surface area contributed by atoms with Crippen LogP contribution < -0.4 is 11.2 Å². The highest BCUT2D eigenvalue weighted by atomic mass is 16.6. The molecule has 0 aliphatic carbocycles. The Morgan fingerprint density at radius 3 is 2.19 bits per heavy atom. The van der Waals surface area contributed by atoms with Crippen molar-refractivity contribution in [3.05, 3.63) is 32.6 Å². The van der Waals surface area contributed by atoms with Crippen LogP contribution in [-0.2, 0) is 18.8 Å². The highest BCUT2D eigenvalue weighted by molar-refractivity contribution is 5.93. The normalized spacial score (nSPS) is 15.6. The van der Waals surface area contributed by atoms with E-state index in [0.717, 1.165) is 4.57 Å². The third-order valence-electron chi connectivity index (χ3n) is 4.11. The number of hydrogen-bond donors (Lipinski definition) is 0. The van der Waals surface area contributed by atoms with Gasteiger partial charge in [-0.1, -0.05) is 0 Å². The van der Waals surface area contributed by atoms with Gasteiger partial charge in [0.25, 0.3) is 11.5 Å². The van der Waals surface area contributed by atoms with E-state index in [2.05, 4.69) is 0 Å². The minimum absolute atomic E-state index is 0.0553. The van der Waals surface area contributed by atoms with Gasteiger partial charge in [-0.05, 0) is 27.2 Å². The van der Waals surface area contributed by atoms with Gasteiger partial charge in [-0.3, -0.25) is 14.2 Å². The largest absolute Gasteiger partial charge is 0.444 e. The van der Waals surface area contributed by atoms with Gasteiger partial charge in [0.2, 0.25) is 0 Å². The van der Waals surface area contributed by atoms with E-state index in [1.54, 1.807) is 25.7 Å². The summed E-state index contributed by atoms with van der Waals surface area (Å²) < 4.78 is 7.49. The van der Waals surface area contributed by atoms with Crippen molar-refractivity contribution >= 4 is 12.0 Å². The minimum atomic E-state index is -0.619. The van der Waals surface area contributed by atoms with E-state index in [1.807, 2.05) is 0 Å². The van der Waals surface area contributed by atoms with Crippen LogP contribution in [0.4, 0.5) is 4.79 Å². The molecule has 0 bridgehead atoms. The zero-order valence-electron chi connectivity index (χ0n) is 15.9. The summed E-state index contributed by atoms with van der Waals surface area (Å²) in [5, 5.41) is 0. The highest BCUT2D eigenvalue weighted by Crippen LogP contribution is 2.13. The molecule has 9 nitrogen and oxygen atoms in total. The fourth-order valence-electron chi connectivity index (χ4n) is 2.75. The summed E-state index contributed by atoms with van der Waals surface area (Å²) in [5.41, 5.74) is -1.75. The average Bonchev–Trinajstić information content (AvgIpc) is 2.80. The van der Waals surface area contributed by atoms with Gasteiger partial charge in [0.05, 0.1) is 0 Å². The maximum atomic E-state index is 12.8. The standard InChI is InChI=1S/C17H26N4O5/c1-17(2,3)26-16(25)21-8-6-7-20(9-10-21)14(23)12-11-18(4)15(24)19(5)13(12)22/h11H,6-10H2,1-5H3. The summed E-state index contributed by atoms with van der Waals surface area (Å²) in [6.45, 7) is 6.92. The maximum Gasteiger partial charge on any atom is 0.410 e. The van der Waals surface area contributed by atoms with Crippen molar-refractivity contribution in [3.8, 4) is 0 Å². The van der Waals surface area contributed by atoms with E-state index in [9.17, 15) is 19.2 Å². The van der Waals surface area contributed by atoms with Gasteiger partial charge in [-0.15, -0.1) is 0 Å². The van der Waals surface area contributed by atoms with Crippen LogP contribution in [0, 0.1) is 0 Å². The summed E-state index contributed by atoms with van der Waals surface area (Å²) >= 11 is 0. The molecule has 2 rings (SSSR count). The van der Waals surface area contributed by atoms with Crippen molar-refractivity contribution in [1.82, 2.24) is 18.9 Å². The van der Waals surface area contributed by atoms with Crippen molar-refractivity contribution in [2.45, 2.75) is 32.8 Å². The molecule has 1 aliphatic rings. The topological polar surface area (TPSA) is 93.8 Å². The number of ether oxygens (including phenoxy) is 1. The van der Waals surface area contributed by atoms with E-state index >= 15 is 0 Å². The van der Waals surface area contributed by atoms with Crippen LogP contribution in [0.15, 0.2) is 15.8 Å². The second kappa shape index (κ2) is 7.35. The molecule has 0 saturated carbocycles. The molecule has 0 radical (unpaired) electrons. The molecule has 144 valence electrons. The van der Waals surface area contributed by atoms with Gasteiger partial charge in [0.15, 0.2) is 0 Å². The van der Waals surface area contributed by atoms with Gasteiger partial charge in [-0.25, -0.2) is 9.59 Å². The molecule has 0 spiro atoms. The molecule has 1 saturated heterocycles. The van der Waals surface area contributed by atoms with Crippen LogP contribution in [0.3, 0.4) is 0 Å². The predicted molar refractivity (Wildman–Crippen MR) is 95.3 cm³/mol. The van der Waals surface area contributed by atoms with E-state index < -0.39 is 28.9 Å². The molecule has 0 N–H and O–H groups in total. The zero-order valence-corrected chi connectivity index (χ0v) is 15.9. The second-order valence-corrected chi connectivity index (χ2v) is 7.41. The van der Waals surface area contributed by atoms with Crippen LogP contribution in [0.5, 0.6) is 0 Å². The van der Waals surface area contributed by atoms with Crippen LogP contribution >= 0.6 is 0 Å². The molecular weight excluding hydrogens is 340 g/mol. The molecule has 2 amide bonds. The molecule has 0 atom stereocenters. The summed E-state index contributed by atoms with van der Waals surface area (Å²) in [5.74, 6) is -0.438. The van der Waals surface area contributed by atoms with Crippen LogP contribution in [0.1, 0.15) is 37.6 Å². The Bertz CT molecular complexity index is 818. The van der Waals surface area contributed by atoms with E-state index in [0.29, 0.717) is 32.6 Å². The molecule has 1 fully saturated rings. The molecule has 1 aromatic heterocycles. The molecule has 1 aromatic rings. The van der Waals surface area contributed by atoms with Crippen LogP contribution in [-0.4, -0.2) is 62.7 Å². The monoisotopic (exact) mass is 366 g/mol. The number of rotatable bonds is 1. The Kier molecular flexibility index (Phi) is 5.58. The Labute approximate surface area is 151 Å². The van der Waals surface area contributed by atoms with E-state index in [-0.39, 0.29) is 5.56 Å². The molecule has 0 unspecified atom stereocenters. The van der Waals surface area contributed by atoms with Crippen LogP contribution in [0.2, 0.25) is 0 Å². The summed E-state index contributed by atoms with van der Waals surface area (Å²) in [7, 11) is 2.83. The Morgan fingerprint density at radius 1 is 1.00 bits per heavy atom. The van der Waals surface area contributed by atoms with Gasteiger partial charge >= 0.3 is 11.8 Å². The number of aromatic nitrogens is 2. The van der Waals surface area contributed by atoms with Crippen molar-refractivity contribution in [3.63, 3.8) is 0 Å². The van der Waals surface area contributed by atoms with Crippen molar-refractivity contribution < 1.29 is 14.3 Å². The first kappa shape index (κ1) is 19.7. The van der Waals surface area contributed by atoms with Crippen LogP contribution in [0.25, 0.3) is 0 Å². The zero-order chi connectivity index (χ0) is 19.6. The molecule has 26 heavy (non-hydrogen) atoms. The van der Waals surface area contributed by atoms with Gasteiger partial charge in [0, 0.05) is 46.5 Å². The SMILES string of the molecule is Cn1cc(C(=O)N2CCCN(C(=O)OC(C)(C)C)CC2)c(=O)n(C)c1=O. The number of nitrogens with zero attached hydrogens (tertiary/aromatic N) is 4. The Balaban J connectivity index is 2.15. The first-order valence-electron chi connectivity index (χ1n) is 8.55. The fourth-order valence-corrected chi connectivity index (χ4v) is 2.75. The Morgan fingerprint density at radius 2 is 1.58 bits per heavy atom. The fraction of sp³-hybridized carbons (Fsp3) is 0.647. The highest BCUT2D eigenvalue weighted by Gasteiger charge is 2.27. The molecule has 9 heteroatoms. The molecule has 2 heterocycles. The quantitative estimate of drug-likeness (QED) is 0.706. The lowest BCUT2D eigenvalue weighted by molar-refractivity contribution is 0.0255. The molecule has 1 aliphatic heterocycles. The van der Waals surface area contributed by atoms with Crippen molar-refractivity contribution in [2.24, 2.45) is 14.1 Å². The lowest BCUT2D eigenvalue weighted by Crippen LogP contribution is -2.44. The number of carbonyl (C=O) groups is 2. The van der Waals surface area contributed by atoms with Gasteiger partial charge in [0.1, 0.15) is 11.2 Å². The molecule has 0 aromatic carbocycles. The number of aryl methyl sites for hydroxylation is 1. The van der Waals surface area contributed by atoms with Crippen molar-refractivity contribution in [1.29, 1.82) is 0 Å². The maximum absolute atomic E-state index is 12.8. The Hall–Kier alpha value is -2.58. The third kappa shape index (κ3) is 4.33. The summed E-state index contributed by atoms with van der Waals surface area (Å²) in [6, 6.07) is 0. The van der Waals surface area contributed by atoms with Crippen molar-refractivity contribution in [2.75, 3.05) is 26.2 Å². The molecular formula is C17H26N4O5. The number of carbonyl (C=O) groups excluding carboxylic acids is 2. The smallest absolute Gasteiger partial charge is 0.410 e. The van der Waals surface area contributed by atoms with Gasteiger partial charge < -0.3 is 19.1 Å². The average molecular weight is 366 g/mol. The number of amides is 2. The lowest BCUT2D eigenvalue weighted by atomic mass is 10.2. The lowest BCUT2D eigenvalue weighted by Gasteiger charge is -2.26. The first-order valence-corrected chi connectivity index (χ1v) is 8.55. The summed E-state index contributed by atoms with van der Waals surface area (Å²) in [6.07, 6.45) is 1.44.